The van der Waals surface area contributed by atoms with E-state index in [0.29, 0.717) is 52.0 Å². The minimum atomic E-state index is -0.770. The number of fused-ring (bicyclic) bond motifs is 1. The van der Waals surface area contributed by atoms with Gasteiger partial charge in [0.05, 0.1) is 10.6 Å². The van der Waals surface area contributed by atoms with Crippen LogP contribution < -0.4 is 10.6 Å². The zero-order chi connectivity index (χ0) is 25.4. The second-order valence-corrected chi connectivity index (χ2v) is 9.44. The van der Waals surface area contributed by atoms with Crippen molar-refractivity contribution in [2.24, 2.45) is 0 Å². The van der Waals surface area contributed by atoms with Gasteiger partial charge in [0.2, 0.25) is 0 Å². The van der Waals surface area contributed by atoms with E-state index in [1.807, 2.05) is 30.0 Å². The molecule has 3 aromatic rings. The second kappa shape index (κ2) is 9.80. The van der Waals surface area contributed by atoms with Crippen LogP contribution in [-0.4, -0.2) is 29.7 Å². The summed E-state index contributed by atoms with van der Waals surface area (Å²) in [5.41, 5.74) is 2.94. The van der Waals surface area contributed by atoms with Crippen LogP contribution >= 0.6 is 23.2 Å². The van der Waals surface area contributed by atoms with Crippen LogP contribution in [0.3, 0.4) is 0 Å². The predicted octanol–water partition coefficient (Wildman–Crippen LogP) is 6.14. The highest BCUT2D eigenvalue weighted by atomic mass is 35.5. The van der Waals surface area contributed by atoms with Gasteiger partial charge in [-0.3, -0.25) is 9.59 Å². The molecule has 0 radical (unpaired) electrons. The lowest BCUT2D eigenvalue weighted by Crippen LogP contribution is -2.36. The van der Waals surface area contributed by atoms with Gasteiger partial charge in [-0.05, 0) is 55.0 Å². The molecule has 1 atom stereocenters. The van der Waals surface area contributed by atoms with Crippen molar-refractivity contribution >= 4 is 40.6 Å². The molecule has 5 nitrogen and oxygen atoms in total. The largest absolute Gasteiger partial charge is 0.369 e. The van der Waals surface area contributed by atoms with Gasteiger partial charge in [0, 0.05) is 46.6 Å². The van der Waals surface area contributed by atoms with Gasteiger partial charge in [-0.2, -0.15) is 0 Å². The number of carbonyl (C=O) groups is 2. The van der Waals surface area contributed by atoms with E-state index in [9.17, 15) is 14.0 Å². The molecule has 0 saturated carbocycles. The number of para-hydroxylation sites is 1. The Bertz CT molecular complexity index is 1420. The number of Topliss-reactive ketones (excluding diaryl/α,β-unsaturated/α-hetero) is 1. The topological polar surface area (TPSA) is 61.4 Å². The van der Waals surface area contributed by atoms with Crippen molar-refractivity contribution in [3.63, 3.8) is 0 Å². The van der Waals surface area contributed by atoms with Gasteiger partial charge in [-0.1, -0.05) is 53.5 Å². The summed E-state index contributed by atoms with van der Waals surface area (Å²) < 4.78 is 13.9. The normalized spacial score (nSPS) is 17.1. The molecule has 5 rings (SSSR count). The molecule has 1 saturated heterocycles. The molecule has 8 heteroatoms. The van der Waals surface area contributed by atoms with Gasteiger partial charge >= 0.3 is 0 Å². The number of allylic oxidation sites excluding steroid dienone is 2. The summed E-state index contributed by atoms with van der Waals surface area (Å²) in [5.74, 6) is -1.28. The second-order valence-electron chi connectivity index (χ2n) is 8.60. The number of hydrogen-bond acceptors (Lipinski definition) is 4. The Labute approximate surface area is 218 Å². The van der Waals surface area contributed by atoms with Gasteiger partial charge in [0.25, 0.3) is 5.91 Å². The molecule has 0 aromatic heterocycles. The molecule has 2 aliphatic heterocycles. The molecule has 1 fully saturated rings. The molecule has 1 amide bonds. The van der Waals surface area contributed by atoms with Crippen LogP contribution in [-0.2, 0) is 4.79 Å². The number of carbonyl (C=O) groups excluding carboxylic acids is 2. The maximum absolute atomic E-state index is 14.1. The number of nitrogens with zero attached hydrogens (tertiary/aromatic N) is 1. The number of amides is 1. The number of ketones is 1. The predicted molar refractivity (Wildman–Crippen MR) is 139 cm³/mol. The zero-order valence-electron chi connectivity index (χ0n) is 19.3. The Morgan fingerprint density at radius 3 is 2.44 bits per heavy atom. The van der Waals surface area contributed by atoms with Crippen LogP contribution in [0.15, 0.2) is 95.5 Å². The molecule has 182 valence electrons. The first-order chi connectivity index (χ1) is 17.3. The SMILES string of the molecule is CC1=C(C(=O)Nc2ccccc2)C(c2ccc(F)cc2)C(C(=O)c2cc(Cl)ccc2Cl)=C2NCCN12. The van der Waals surface area contributed by atoms with E-state index in [-0.39, 0.29) is 22.3 Å². The van der Waals surface area contributed by atoms with Crippen molar-refractivity contribution in [2.75, 3.05) is 18.4 Å². The number of hydrogen-bond donors (Lipinski definition) is 2. The summed E-state index contributed by atoms with van der Waals surface area (Å²) in [6.07, 6.45) is 0. The summed E-state index contributed by atoms with van der Waals surface area (Å²) in [4.78, 5) is 29.8. The number of anilines is 1. The van der Waals surface area contributed by atoms with Gasteiger partial charge < -0.3 is 15.5 Å². The summed E-state index contributed by atoms with van der Waals surface area (Å²) in [6, 6.07) is 19.6. The third kappa shape index (κ3) is 4.38. The molecular weight excluding hydrogens is 500 g/mol. The molecule has 1 unspecified atom stereocenters. The number of halogens is 3. The summed E-state index contributed by atoms with van der Waals surface area (Å²) in [7, 11) is 0. The van der Waals surface area contributed by atoms with E-state index in [4.69, 9.17) is 23.2 Å². The lowest BCUT2D eigenvalue weighted by molar-refractivity contribution is -0.113. The highest BCUT2D eigenvalue weighted by Crippen LogP contribution is 2.44. The number of nitrogens with one attached hydrogen (secondary N) is 2. The van der Waals surface area contributed by atoms with E-state index in [1.54, 1.807) is 36.4 Å². The smallest absolute Gasteiger partial charge is 0.254 e. The van der Waals surface area contributed by atoms with Crippen molar-refractivity contribution in [3.05, 3.63) is 122 Å². The third-order valence-electron chi connectivity index (χ3n) is 6.42. The van der Waals surface area contributed by atoms with Crippen molar-refractivity contribution in [2.45, 2.75) is 12.8 Å². The van der Waals surface area contributed by atoms with E-state index < -0.39 is 11.7 Å². The molecule has 0 aliphatic carbocycles. The highest BCUT2D eigenvalue weighted by Gasteiger charge is 2.42. The molecule has 0 bridgehead atoms. The Hall–Kier alpha value is -3.61. The fourth-order valence-corrected chi connectivity index (χ4v) is 5.14. The Morgan fingerprint density at radius 2 is 1.72 bits per heavy atom. The molecule has 3 aromatic carbocycles. The molecular formula is C28H22Cl2FN3O2. The van der Waals surface area contributed by atoms with Crippen LogP contribution in [0.2, 0.25) is 10.0 Å². The van der Waals surface area contributed by atoms with Crippen molar-refractivity contribution < 1.29 is 14.0 Å². The summed E-state index contributed by atoms with van der Waals surface area (Å²) >= 11 is 12.6. The average Bonchev–Trinajstić information content (AvgIpc) is 3.36. The number of rotatable bonds is 5. The maximum atomic E-state index is 14.1. The Morgan fingerprint density at radius 1 is 1.00 bits per heavy atom. The standard InChI is InChI=1S/C28H22Cl2FN3O2/c1-16-23(28(36)33-20-5-3-2-4-6-20)24(17-7-10-19(31)11-8-17)25(27-32-13-14-34(16)27)26(35)21-15-18(29)9-12-22(21)30/h2-12,15,24,32H,13-14H2,1H3,(H,33,36). The van der Waals surface area contributed by atoms with E-state index >= 15 is 0 Å². The van der Waals surface area contributed by atoms with Crippen LogP contribution in [0.5, 0.6) is 0 Å². The van der Waals surface area contributed by atoms with Crippen LogP contribution in [0, 0.1) is 5.82 Å². The lowest BCUT2D eigenvalue weighted by Gasteiger charge is -2.36. The number of benzene rings is 3. The molecule has 36 heavy (non-hydrogen) atoms. The highest BCUT2D eigenvalue weighted by molar-refractivity contribution is 6.37. The van der Waals surface area contributed by atoms with Crippen LogP contribution in [0.25, 0.3) is 0 Å². The molecule has 2 heterocycles. The fourth-order valence-electron chi connectivity index (χ4n) is 4.76. The monoisotopic (exact) mass is 521 g/mol. The van der Waals surface area contributed by atoms with Crippen LogP contribution in [0.1, 0.15) is 28.8 Å². The van der Waals surface area contributed by atoms with Gasteiger partial charge in [0.15, 0.2) is 5.78 Å². The third-order valence-corrected chi connectivity index (χ3v) is 6.99. The fraction of sp³-hybridized carbons (Fsp3) is 0.143. The first-order valence-electron chi connectivity index (χ1n) is 11.4. The first-order valence-corrected chi connectivity index (χ1v) is 12.2. The first kappa shape index (κ1) is 24.1. The van der Waals surface area contributed by atoms with E-state index in [1.165, 1.54) is 18.2 Å². The Balaban J connectivity index is 1.70. The van der Waals surface area contributed by atoms with Gasteiger partial charge in [0.1, 0.15) is 11.6 Å². The molecule has 0 spiro atoms. The minimum absolute atomic E-state index is 0.231. The quantitative estimate of drug-likeness (QED) is 0.395. The average molecular weight is 522 g/mol. The van der Waals surface area contributed by atoms with Crippen molar-refractivity contribution in [1.29, 1.82) is 0 Å². The molecule has 2 aliphatic rings. The van der Waals surface area contributed by atoms with Crippen molar-refractivity contribution in [1.82, 2.24) is 10.2 Å². The van der Waals surface area contributed by atoms with Crippen LogP contribution in [0.4, 0.5) is 10.1 Å². The minimum Gasteiger partial charge on any atom is -0.369 e. The summed E-state index contributed by atoms with van der Waals surface area (Å²) in [5, 5.41) is 6.89. The maximum Gasteiger partial charge on any atom is 0.254 e. The Kier molecular flexibility index (Phi) is 6.56. The summed E-state index contributed by atoms with van der Waals surface area (Å²) in [6.45, 7) is 3.03. The lowest BCUT2D eigenvalue weighted by atomic mass is 9.77. The van der Waals surface area contributed by atoms with Crippen molar-refractivity contribution in [3.8, 4) is 0 Å². The van der Waals surface area contributed by atoms with E-state index in [2.05, 4.69) is 10.6 Å². The van der Waals surface area contributed by atoms with Gasteiger partial charge in [-0.15, -0.1) is 0 Å². The van der Waals surface area contributed by atoms with E-state index in [0.717, 1.165) is 0 Å². The molecule has 2 N–H and O–H groups in total. The zero-order valence-corrected chi connectivity index (χ0v) is 20.8. The van der Waals surface area contributed by atoms with Gasteiger partial charge in [-0.25, -0.2) is 4.39 Å².